The maximum Gasteiger partial charge on any atom is 0.294 e. The smallest absolute Gasteiger partial charge is 0.294 e. The second-order valence-electron chi connectivity index (χ2n) is 6.65. The first-order valence-corrected chi connectivity index (χ1v) is 9.04. The van der Waals surface area contributed by atoms with E-state index in [1.165, 1.54) is 4.68 Å². The lowest BCUT2D eigenvalue weighted by atomic mass is 10.1. The van der Waals surface area contributed by atoms with Crippen LogP contribution < -0.4 is 11.2 Å². The van der Waals surface area contributed by atoms with Crippen LogP contribution in [0.4, 0.5) is 5.82 Å². The molecule has 0 saturated heterocycles. The van der Waals surface area contributed by atoms with Crippen LogP contribution in [0.1, 0.15) is 27.2 Å². The Labute approximate surface area is 171 Å². The first-order chi connectivity index (χ1) is 14.5. The van der Waals surface area contributed by atoms with E-state index in [0.717, 1.165) is 16.7 Å². The molecule has 0 spiro atoms. The van der Waals surface area contributed by atoms with Gasteiger partial charge in [-0.2, -0.15) is 9.78 Å². The number of aryl methyl sites for hydroxylation is 2. The van der Waals surface area contributed by atoms with E-state index in [-0.39, 0.29) is 17.3 Å². The maximum absolute atomic E-state index is 12.8. The molecule has 0 aliphatic rings. The summed E-state index contributed by atoms with van der Waals surface area (Å²) in [6.07, 6.45) is 1.55. The summed E-state index contributed by atoms with van der Waals surface area (Å²) in [5, 5.41) is 19.4. The summed E-state index contributed by atoms with van der Waals surface area (Å²) in [4.78, 5) is 12.8. The minimum Gasteiger partial charge on any atom is -0.378 e. The van der Waals surface area contributed by atoms with Gasteiger partial charge in [0.05, 0.1) is 6.21 Å². The van der Waals surface area contributed by atoms with Gasteiger partial charge in [0.1, 0.15) is 5.69 Å². The predicted molar refractivity (Wildman–Crippen MR) is 110 cm³/mol. The first-order valence-electron chi connectivity index (χ1n) is 9.04. The number of anilines is 1. The van der Waals surface area contributed by atoms with Gasteiger partial charge in [0.15, 0.2) is 5.69 Å². The SMILES string of the molecule is Cc1ccc(/C=N\NC(=O)c2nnn(-c3nonc3N)c2-c2ccc(C)cc2)cc1. The van der Waals surface area contributed by atoms with Crippen molar-refractivity contribution in [1.29, 1.82) is 0 Å². The molecule has 10 heteroatoms. The molecule has 0 saturated carbocycles. The number of carbonyl (C=O) groups excluding carboxylic acids is 1. The maximum atomic E-state index is 12.8. The molecule has 0 fully saturated rings. The van der Waals surface area contributed by atoms with Gasteiger partial charge in [-0.15, -0.1) is 5.10 Å². The average Bonchev–Trinajstić information content (AvgIpc) is 3.36. The fraction of sp³-hybridized carbons (Fsp3) is 0.100. The monoisotopic (exact) mass is 402 g/mol. The predicted octanol–water partition coefficient (Wildman–Crippen LogP) is 2.28. The van der Waals surface area contributed by atoms with Gasteiger partial charge in [-0.25, -0.2) is 10.1 Å². The highest BCUT2D eigenvalue weighted by Crippen LogP contribution is 2.26. The zero-order valence-corrected chi connectivity index (χ0v) is 16.3. The molecule has 3 N–H and O–H groups in total. The quantitative estimate of drug-likeness (QED) is 0.386. The zero-order chi connectivity index (χ0) is 21.1. The average molecular weight is 402 g/mol. The number of nitrogens with one attached hydrogen (secondary N) is 1. The number of hydrazone groups is 1. The van der Waals surface area contributed by atoms with Crippen LogP contribution in [0.2, 0.25) is 0 Å². The summed E-state index contributed by atoms with van der Waals surface area (Å²) in [7, 11) is 0. The van der Waals surface area contributed by atoms with Gasteiger partial charge in [0.2, 0.25) is 11.6 Å². The number of nitrogens with two attached hydrogens (primary N) is 1. The van der Waals surface area contributed by atoms with E-state index in [1.807, 2.05) is 62.4 Å². The number of aromatic nitrogens is 5. The van der Waals surface area contributed by atoms with E-state index >= 15 is 0 Å². The molecule has 0 radical (unpaired) electrons. The minimum atomic E-state index is -0.532. The van der Waals surface area contributed by atoms with E-state index in [2.05, 4.69) is 35.8 Å². The number of amides is 1. The number of carbonyl (C=O) groups is 1. The molecule has 2 heterocycles. The molecule has 0 aliphatic heterocycles. The van der Waals surface area contributed by atoms with Crippen LogP contribution in [-0.4, -0.2) is 37.4 Å². The van der Waals surface area contributed by atoms with Crippen LogP contribution in [-0.2, 0) is 0 Å². The van der Waals surface area contributed by atoms with E-state index in [1.54, 1.807) is 6.21 Å². The molecule has 1 amide bonds. The van der Waals surface area contributed by atoms with Crippen LogP contribution in [0.15, 0.2) is 58.3 Å². The molecule has 10 nitrogen and oxygen atoms in total. The van der Waals surface area contributed by atoms with Crippen molar-refractivity contribution >= 4 is 17.9 Å². The van der Waals surface area contributed by atoms with E-state index in [9.17, 15) is 4.79 Å². The van der Waals surface area contributed by atoms with E-state index in [4.69, 9.17) is 5.73 Å². The Morgan fingerprint density at radius 2 is 1.73 bits per heavy atom. The van der Waals surface area contributed by atoms with Gasteiger partial charge >= 0.3 is 0 Å². The molecule has 2 aromatic heterocycles. The van der Waals surface area contributed by atoms with Gasteiger partial charge in [0.25, 0.3) is 5.91 Å². The molecule has 4 aromatic rings. The lowest BCUT2D eigenvalue weighted by Gasteiger charge is -2.06. The summed E-state index contributed by atoms with van der Waals surface area (Å²) in [5.74, 6) is -0.367. The van der Waals surface area contributed by atoms with Crippen molar-refractivity contribution < 1.29 is 9.42 Å². The van der Waals surface area contributed by atoms with Gasteiger partial charge in [-0.1, -0.05) is 64.9 Å². The highest BCUT2D eigenvalue weighted by Gasteiger charge is 2.25. The molecular weight excluding hydrogens is 384 g/mol. The molecule has 30 heavy (non-hydrogen) atoms. The van der Waals surface area contributed by atoms with Crippen molar-refractivity contribution in [3.05, 3.63) is 70.9 Å². The second-order valence-corrected chi connectivity index (χ2v) is 6.65. The highest BCUT2D eigenvalue weighted by atomic mass is 16.6. The van der Waals surface area contributed by atoms with Gasteiger partial charge in [-0.05, 0) is 29.7 Å². The molecule has 4 rings (SSSR count). The van der Waals surface area contributed by atoms with Crippen molar-refractivity contribution in [3.8, 4) is 17.1 Å². The zero-order valence-electron chi connectivity index (χ0n) is 16.3. The van der Waals surface area contributed by atoms with Crippen molar-refractivity contribution in [2.75, 3.05) is 5.73 Å². The minimum absolute atomic E-state index is 0.0256. The van der Waals surface area contributed by atoms with Crippen molar-refractivity contribution in [3.63, 3.8) is 0 Å². The Hall–Kier alpha value is -4.34. The van der Waals surface area contributed by atoms with E-state index < -0.39 is 5.91 Å². The van der Waals surface area contributed by atoms with Crippen LogP contribution in [0.25, 0.3) is 17.1 Å². The second kappa shape index (κ2) is 7.95. The number of nitrogen functional groups attached to an aromatic ring is 1. The van der Waals surface area contributed by atoms with Crippen LogP contribution >= 0.6 is 0 Å². The lowest BCUT2D eigenvalue weighted by molar-refractivity contribution is 0.0950. The van der Waals surface area contributed by atoms with Crippen molar-refractivity contribution in [2.24, 2.45) is 5.10 Å². The molecule has 0 atom stereocenters. The van der Waals surface area contributed by atoms with Crippen LogP contribution in [0, 0.1) is 13.8 Å². The largest absolute Gasteiger partial charge is 0.378 e. The highest BCUT2D eigenvalue weighted by molar-refractivity contribution is 5.98. The number of nitrogens with zero attached hydrogens (tertiary/aromatic N) is 6. The molecule has 2 aromatic carbocycles. The van der Waals surface area contributed by atoms with Crippen molar-refractivity contribution in [2.45, 2.75) is 13.8 Å². The van der Waals surface area contributed by atoms with Gasteiger partial charge < -0.3 is 5.73 Å². The fourth-order valence-corrected chi connectivity index (χ4v) is 2.76. The van der Waals surface area contributed by atoms with Gasteiger partial charge in [0, 0.05) is 5.56 Å². The topological polar surface area (TPSA) is 137 Å². The Morgan fingerprint density at radius 3 is 2.37 bits per heavy atom. The number of benzene rings is 2. The first kappa shape index (κ1) is 19.0. The molecule has 0 aliphatic carbocycles. The Bertz CT molecular complexity index is 1210. The van der Waals surface area contributed by atoms with Crippen molar-refractivity contribution in [1.82, 2.24) is 30.7 Å². The summed E-state index contributed by atoms with van der Waals surface area (Å²) in [6.45, 7) is 3.96. The third-order valence-electron chi connectivity index (χ3n) is 4.36. The summed E-state index contributed by atoms with van der Waals surface area (Å²) < 4.78 is 5.98. The molecule has 150 valence electrons. The lowest BCUT2D eigenvalue weighted by Crippen LogP contribution is -2.19. The fourth-order valence-electron chi connectivity index (χ4n) is 2.76. The Balaban J connectivity index is 1.68. The number of hydrogen-bond donors (Lipinski definition) is 2. The van der Waals surface area contributed by atoms with Crippen LogP contribution in [0.3, 0.4) is 0 Å². The third-order valence-corrected chi connectivity index (χ3v) is 4.36. The number of hydrogen-bond acceptors (Lipinski definition) is 8. The molecule has 0 unspecified atom stereocenters. The third kappa shape index (κ3) is 3.78. The van der Waals surface area contributed by atoms with E-state index in [0.29, 0.717) is 11.3 Å². The Kier molecular flexibility index (Phi) is 5.04. The van der Waals surface area contributed by atoms with Crippen LogP contribution in [0.5, 0.6) is 0 Å². The summed E-state index contributed by atoms with van der Waals surface area (Å²) in [6, 6.07) is 15.2. The standard InChI is InChI=1S/C20H18N8O2/c1-12-3-7-14(8-4-12)11-22-24-20(29)16-17(15-9-5-13(2)6-10-15)28(27-23-16)19-18(21)25-30-26-19/h3-11H,1-2H3,(H2,21,25)(H,24,29)/b22-11-. The summed E-state index contributed by atoms with van der Waals surface area (Å²) >= 11 is 0. The normalized spacial score (nSPS) is 11.1. The Morgan fingerprint density at radius 1 is 1.07 bits per heavy atom. The summed E-state index contributed by atoms with van der Waals surface area (Å²) in [5.41, 5.74) is 12.5. The molecule has 0 bridgehead atoms. The molecular formula is C20H18N8O2. The number of rotatable bonds is 5. The van der Waals surface area contributed by atoms with Gasteiger partial charge in [-0.3, -0.25) is 4.79 Å².